The summed E-state index contributed by atoms with van der Waals surface area (Å²) < 4.78 is 5.13. The minimum absolute atomic E-state index is 0.188. The lowest BCUT2D eigenvalue weighted by Crippen LogP contribution is -2.49. The molecule has 2 unspecified atom stereocenters. The van der Waals surface area contributed by atoms with Gasteiger partial charge in [0.05, 0.1) is 12.8 Å². The van der Waals surface area contributed by atoms with E-state index in [1.165, 1.54) is 13.2 Å². The SMILES string of the molecule is Cc1ccc(C2(C)NC(=O)N(CC(=O)NC(C)C(=O)NCc3ccco3)C2=O)cc1. The molecule has 0 bridgehead atoms. The summed E-state index contributed by atoms with van der Waals surface area (Å²) in [6.45, 7) is 4.73. The molecule has 3 rings (SSSR count). The fourth-order valence-corrected chi connectivity index (χ4v) is 3.16. The van der Waals surface area contributed by atoms with Crippen molar-refractivity contribution in [2.45, 2.75) is 38.9 Å². The molecule has 9 heteroatoms. The Kier molecular flexibility index (Phi) is 5.91. The van der Waals surface area contributed by atoms with Gasteiger partial charge in [-0.15, -0.1) is 0 Å². The van der Waals surface area contributed by atoms with Gasteiger partial charge in [-0.2, -0.15) is 0 Å². The standard InChI is InChI=1S/C21H24N4O5/c1-13-6-8-15(9-7-13)21(3)19(28)25(20(29)24-21)12-17(26)23-14(2)18(27)22-11-16-5-4-10-30-16/h4-10,14H,11-12H2,1-3H3,(H,22,27)(H,23,26)(H,24,29). The second-order valence-electron chi connectivity index (χ2n) is 7.40. The summed E-state index contributed by atoms with van der Waals surface area (Å²) in [5.74, 6) is -0.980. The van der Waals surface area contributed by atoms with E-state index in [1.807, 2.05) is 19.1 Å². The second-order valence-corrected chi connectivity index (χ2v) is 7.40. The number of hydrogen-bond donors (Lipinski definition) is 3. The fraction of sp³-hybridized carbons (Fsp3) is 0.333. The monoisotopic (exact) mass is 412 g/mol. The fourth-order valence-electron chi connectivity index (χ4n) is 3.16. The van der Waals surface area contributed by atoms with Crippen LogP contribution in [0.15, 0.2) is 47.1 Å². The van der Waals surface area contributed by atoms with Crippen LogP contribution in [0.25, 0.3) is 0 Å². The molecule has 1 aliphatic heterocycles. The molecule has 1 aliphatic rings. The number of nitrogens with zero attached hydrogens (tertiary/aromatic N) is 1. The molecular formula is C21H24N4O5. The number of amides is 5. The van der Waals surface area contributed by atoms with Gasteiger partial charge in [-0.05, 0) is 38.5 Å². The van der Waals surface area contributed by atoms with Crippen LogP contribution in [0.2, 0.25) is 0 Å². The molecule has 1 aromatic carbocycles. The zero-order chi connectivity index (χ0) is 21.9. The van der Waals surface area contributed by atoms with E-state index >= 15 is 0 Å². The van der Waals surface area contributed by atoms with Crippen LogP contribution in [-0.2, 0) is 26.5 Å². The number of nitrogens with one attached hydrogen (secondary N) is 3. The molecule has 5 amide bonds. The normalized spacial score (nSPS) is 19.4. The highest BCUT2D eigenvalue weighted by molar-refractivity contribution is 6.09. The van der Waals surface area contributed by atoms with Crippen molar-refractivity contribution < 1.29 is 23.6 Å². The van der Waals surface area contributed by atoms with E-state index in [9.17, 15) is 19.2 Å². The summed E-state index contributed by atoms with van der Waals surface area (Å²) >= 11 is 0. The Morgan fingerprint density at radius 3 is 2.53 bits per heavy atom. The topological polar surface area (TPSA) is 121 Å². The lowest BCUT2D eigenvalue weighted by molar-refractivity contribution is -0.135. The summed E-state index contributed by atoms with van der Waals surface area (Å²) in [4.78, 5) is 50.6. The van der Waals surface area contributed by atoms with Gasteiger partial charge in [0.25, 0.3) is 5.91 Å². The predicted octanol–water partition coefficient (Wildman–Crippen LogP) is 1.18. The molecule has 2 heterocycles. The first-order chi connectivity index (χ1) is 14.2. The van der Waals surface area contributed by atoms with Crippen LogP contribution in [0.3, 0.4) is 0 Å². The average molecular weight is 412 g/mol. The minimum Gasteiger partial charge on any atom is -0.467 e. The Morgan fingerprint density at radius 1 is 1.20 bits per heavy atom. The number of carbonyl (C=O) groups is 4. The van der Waals surface area contributed by atoms with Crippen LogP contribution in [-0.4, -0.2) is 41.2 Å². The first-order valence-corrected chi connectivity index (χ1v) is 9.51. The van der Waals surface area contributed by atoms with Crippen molar-refractivity contribution in [2.24, 2.45) is 0 Å². The molecule has 0 radical (unpaired) electrons. The summed E-state index contributed by atoms with van der Waals surface area (Å²) in [5, 5.41) is 7.78. The molecule has 2 atom stereocenters. The smallest absolute Gasteiger partial charge is 0.325 e. The van der Waals surface area contributed by atoms with Gasteiger partial charge in [-0.25, -0.2) is 4.79 Å². The van der Waals surface area contributed by atoms with Crippen molar-refractivity contribution >= 4 is 23.8 Å². The van der Waals surface area contributed by atoms with E-state index in [0.29, 0.717) is 11.3 Å². The highest BCUT2D eigenvalue weighted by Crippen LogP contribution is 2.28. The third-order valence-electron chi connectivity index (χ3n) is 4.99. The molecule has 0 aliphatic carbocycles. The van der Waals surface area contributed by atoms with E-state index < -0.39 is 41.9 Å². The first kappa shape index (κ1) is 21.1. The molecule has 0 spiro atoms. The molecule has 158 valence electrons. The Morgan fingerprint density at radius 2 is 1.90 bits per heavy atom. The molecule has 30 heavy (non-hydrogen) atoms. The molecule has 2 aromatic rings. The van der Waals surface area contributed by atoms with E-state index in [2.05, 4.69) is 16.0 Å². The summed E-state index contributed by atoms with van der Waals surface area (Å²) in [6.07, 6.45) is 1.50. The Hall–Kier alpha value is -3.62. The van der Waals surface area contributed by atoms with Crippen LogP contribution in [0.1, 0.15) is 30.7 Å². The number of furan rings is 1. The van der Waals surface area contributed by atoms with Crippen molar-refractivity contribution in [3.8, 4) is 0 Å². The molecule has 1 fully saturated rings. The van der Waals surface area contributed by atoms with Gasteiger partial charge in [-0.1, -0.05) is 29.8 Å². The lowest BCUT2D eigenvalue weighted by Gasteiger charge is -2.22. The number of carbonyl (C=O) groups excluding carboxylic acids is 4. The number of urea groups is 1. The molecular weight excluding hydrogens is 388 g/mol. The van der Waals surface area contributed by atoms with E-state index in [-0.39, 0.29) is 6.54 Å². The largest absolute Gasteiger partial charge is 0.467 e. The van der Waals surface area contributed by atoms with E-state index in [0.717, 1.165) is 10.5 Å². The van der Waals surface area contributed by atoms with Crippen molar-refractivity contribution in [1.82, 2.24) is 20.9 Å². The number of hydrogen-bond acceptors (Lipinski definition) is 5. The van der Waals surface area contributed by atoms with Gasteiger partial charge in [0.1, 0.15) is 23.9 Å². The van der Waals surface area contributed by atoms with Crippen LogP contribution in [0.4, 0.5) is 4.79 Å². The number of benzene rings is 1. The highest BCUT2D eigenvalue weighted by Gasteiger charge is 2.49. The summed E-state index contributed by atoms with van der Waals surface area (Å²) in [5.41, 5.74) is 0.395. The second kappa shape index (κ2) is 8.40. The van der Waals surface area contributed by atoms with Gasteiger partial charge in [0.15, 0.2) is 0 Å². The predicted molar refractivity (Wildman–Crippen MR) is 107 cm³/mol. The quantitative estimate of drug-likeness (QED) is 0.590. The average Bonchev–Trinajstić information content (AvgIpc) is 3.29. The van der Waals surface area contributed by atoms with Gasteiger partial charge in [0, 0.05) is 0 Å². The van der Waals surface area contributed by atoms with Gasteiger partial charge < -0.3 is 20.4 Å². The maximum absolute atomic E-state index is 12.9. The van der Waals surface area contributed by atoms with Gasteiger partial charge in [-0.3, -0.25) is 19.3 Å². The number of aryl methyl sites for hydroxylation is 1. The van der Waals surface area contributed by atoms with Crippen LogP contribution in [0, 0.1) is 6.92 Å². The maximum atomic E-state index is 12.9. The third-order valence-corrected chi connectivity index (χ3v) is 4.99. The highest BCUT2D eigenvalue weighted by atomic mass is 16.3. The van der Waals surface area contributed by atoms with Crippen LogP contribution < -0.4 is 16.0 Å². The van der Waals surface area contributed by atoms with Crippen LogP contribution >= 0.6 is 0 Å². The van der Waals surface area contributed by atoms with Crippen LogP contribution in [0.5, 0.6) is 0 Å². The molecule has 1 aromatic heterocycles. The summed E-state index contributed by atoms with van der Waals surface area (Å²) in [6, 6.07) is 9.13. The Bertz CT molecular complexity index is 954. The number of rotatable bonds is 7. The van der Waals surface area contributed by atoms with Crippen molar-refractivity contribution in [3.63, 3.8) is 0 Å². The Labute approximate surface area is 173 Å². The van der Waals surface area contributed by atoms with E-state index in [4.69, 9.17) is 4.42 Å². The Balaban J connectivity index is 1.58. The molecule has 1 saturated heterocycles. The van der Waals surface area contributed by atoms with Gasteiger partial charge in [0.2, 0.25) is 11.8 Å². The minimum atomic E-state index is -1.25. The maximum Gasteiger partial charge on any atom is 0.325 e. The first-order valence-electron chi connectivity index (χ1n) is 9.51. The molecule has 0 saturated carbocycles. The van der Waals surface area contributed by atoms with Crippen molar-refractivity contribution in [2.75, 3.05) is 6.54 Å². The van der Waals surface area contributed by atoms with Gasteiger partial charge >= 0.3 is 6.03 Å². The zero-order valence-electron chi connectivity index (χ0n) is 17.0. The molecule has 9 nitrogen and oxygen atoms in total. The van der Waals surface area contributed by atoms with Crippen molar-refractivity contribution in [1.29, 1.82) is 0 Å². The lowest BCUT2D eigenvalue weighted by atomic mass is 9.91. The van der Waals surface area contributed by atoms with E-state index in [1.54, 1.807) is 31.2 Å². The number of imide groups is 1. The third kappa shape index (κ3) is 4.35. The van der Waals surface area contributed by atoms with Crippen molar-refractivity contribution in [3.05, 3.63) is 59.5 Å². The summed E-state index contributed by atoms with van der Waals surface area (Å²) in [7, 11) is 0. The zero-order valence-corrected chi connectivity index (χ0v) is 17.0. The molecule has 3 N–H and O–H groups in total.